The van der Waals surface area contributed by atoms with Crippen molar-refractivity contribution in [3.63, 3.8) is 0 Å². The minimum atomic E-state index is -1.03. The van der Waals surface area contributed by atoms with Crippen LogP contribution in [-0.4, -0.2) is 29.9 Å². The molecule has 0 aliphatic carbocycles. The lowest BCUT2D eigenvalue weighted by molar-refractivity contribution is 0.0597. The molecular formula is C19H21NO5. The number of hydrogen-bond acceptors (Lipinski definition) is 4. The van der Waals surface area contributed by atoms with Gasteiger partial charge in [-0.05, 0) is 57.2 Å². The van der Waals surface area contributed by atoms with Crippen LogP contribution in [0.25, 0.3) is 0 Å². The van der Waals surface area contributed by atoms with E-state index in [1.165, 1.54) is 24.1 Å². The summed E-state index contributed by atoms with van der Waals surface area (Å²) in [6, 6.07) is 13.0. The number of anilines is 2. The maximum absolute atomic E-state index is 12.8. The van der Waals surface area contributed by atoms with E-state index in [9.17, 15) is 9.59 Å². The Hall–Kier alpha value is -3.02. The summed E-state index contributed by atoms with van der Waals surface area (Å²) >= 11 is 0. The van der Waals surface area contributed by atoms with Crippen molar-refractivity contribution in [1.82, 2.24) is 0 Å². The van der Waals surface area contributed by atoms with Crippen LogP contribution in [0.3, 0.4) is 0 Å². The quantitative estimate of drug-likeness (QED) is 0.886. The zero-order valence-corrected chi connectivity index (χ0v) is 14.6. The monoisotopic (exact) mass is 343 g/mol. The highest BCUT2D eigenvalue weighted by atomic mass is 16.6. The fourth-order valence-corrected chi connectivity index (χ4v) is 2.22. The van der Waals surface area contributed by atoms with Crippen molar-refractivity contribution >= 4 is 23.4 Å². The van der Waals surface area contributed by atoms with E-state index in [0.717, 1.165) is 0 Å². The van der Waals surface area contributed by atoms with Crippen molar-refractivity contribution in [2.45, 2.75) is 26.4 Å². The van der Waals surface area contributed by atoms with Gasteiger partial charge in [0.2, 0.25) is 0 Å². The number of methoxy groups -OCH3 is 1. The van der Waals surface area contributed by atoms with E-state index in [4.69, 9.17) is 14.6 Å². The highest BCUT2D eigenvalue weighted by molar-refractivity contribution is 5.98. The fourth-order valence-electron chi connectivity index (χ4n) is 2.22. The second kappa shape index (κ2) is 7.25. The number of nitrogens with zero attached hydrogens (tertiary/aromatic N) is 1. The van der Waals surface area contributed by atoms with Gasteiger partial charge in [0, 0.05) is 0 Å². The number of ether oxygens (including phenoxy) is 2. The maximum atomic E-state index is 12.8. The number of carboxylic acid groups (broad SMARTS) is 1. The zero-order valence-electron chi connectivity index (χ0n) is 14.6. The van der Waals surface area contributed by atoms with Gasteiger partial charge in [-0.3, -0.25) is 0 Å². The number of carbonyl (C=O) groups is 2. The topological polar surface area (TPSA) is 76.1 Å². The van der Waals surface area contributed by atoms with Crippen LogP contribution in [-0.2, 0) is 4.74 Å². The highest BCUT2D eigenvalue weighted by Crippen LogP contribution is 2.35. The van der Waals surface area contributed by atoms with Gasteiger partial charge in [0.25, 0.3) is 0 Å². The van der Waals surface area contributed by atoms with Gasteiger partial charge in [0.1, 0.15) is 11.4 Å². The van der Waals surface area contributed by atoms with Crippen LogP contribution >= 0.6 is 0 Å². The van der Waals surface area contributed by atoms with Crippen LogP contribution in [0.2, 0.25) is 0 Å². The molecule has 0 aromatic heterocycles. The molecule has 0 unspecified atom stereocenters. The summed E-state index contributed by atoms with van der Waals surface area (Å²) in [5.74, 6) is -0.539. The third-order valence-corrected chi connectivity index (χ3v) is 3.27. The molecule has 0 bridgehead atoms. The van der Waals surface area contributed by atoms with Crippen molar-refractivity contribution in [3.05, 3.63) is 54.1 Å². The van der Waals surface area contributed by atoms with E-state index < -0.39 is 17.7 Å². The summed E-state index contributed by atoms with van der Waals surface area (Å²) < 4.78 is 10.8. The van der Waals surface area contributed by atoms with Crippen molar-refractivity contribution < 1.29 is 24.2 Å². The first kappa shape index (κ1) is 18.3. The van der Waals surface area contributed by atoms with Gasteiger partial charge in [0.05, 0.1) is 24.0 Å². The van der Waals surface area contributed by atoms with Crippen molar-refractivity contribution in [1.29, 1.82) is 0 Å². The molecule has 6 heteroatoms. The van der Waals surface area contributed by atoms with Crippen LogP contribution in [0.1, 0.15) is 31.1 Å². The number of carboxylic acids is 1. The predicted octanol–water partition coefficient (Wildman–Crippen LogP) is 4.47. The maximum Gasteiger partial charge on any atom is 0.419 e. The lowest BCUT2D eigenvalue weighted by Crippen LogP contribution is -2.34. The van der Waals surface area contributed by atoms with E-state index in [2.05, 4.69) is 0 Å². The number of hydrogen-bond donors (Lipinski definition) is 1. The molecule has 0 radical (unpaired) electrons. The summed E-state index contributed by atoms with van der Waals surface area (Å²) in [7, 11) is 1.51. The third-order valence-electron chi connectivity index (χ3n) is 3.27. The van der Waals surface area contributed by atoms with Gasteiger partial charge in [0.15, 0.2) is 0 Å². The summed E-state index contributed by atoms with van der Waals surface area (Å²) in [6.45, 7) is 5.33. The molecule has 2 rings (SSSR count). The molecule has 1 amide bonds. The molecule has 0 saturated heterocycles. The van der Waals surface area contributed by atoms with Gasteiger partial charge in [-0.15, -0.1) is 0 Å². The molecule has 2 aromatic carbocycles. The summed E-state index contributed by atoms with van der Waals surface area (Å²) in [6.07, 6.45) is -0.583. The molecule has 0 aliphatic heterocycles. The largest absolute Gasteiger partial charge is 0.495 e. The predicted molar refractivity (Wildman–Crippen MR) is 94.8 cm³/mol. The van der Waals surface area contributed by atoms with Gasteiger partial charge in [-0.1, -0.05) is 12.1 Å². The normalized spacial score (nSPS) is 10.9. The lowest BCUT2D eigenvalue weighted by atomic mass is 10.1. The Labute approximate surface area is 146 Å². The number of aromatic carboxylic acids is 1. The Balaban J connectivity index is 2.52. The van der Waals surface area contributed by atoms with E-state index in [1.807, 2.05) is 0 Å². The van der Waals surface area contributed by atoms with Crippen LogP contribution in [0.15, 0.2) is 48.5 Å². The van der Waals surface area contributed by atoms with Crippen LogP contribution in [0, 0.1) is 0 Å². The summed E-state index contributed by atoms with van der Waals surface area (Å²) in [4.78, 5) is 25.2. The minimum absolute atomic E-state index is 0.132. The molecule has 132 valence electrons. The first-order valence-electron chi connectivity index (χ1n) is 7.72. The van der Waals surface area contributed by atoms with Gasteiger partial charge in [-0.2, -0.15) is 0 Å². The summed E-state index contributed by atoms with van der Waals surface area (Å²) in [5.41, 5.74) is 0.428. The van der Waals surface area contributed by atoms with E-state index in [1.54, 1.807) is 57.2 Å². The lowest BCUT2D eigenvalue weighted by Gasteiger charge is -2.28. The highest BCUT2D eigenvalue weighted by Gasteiger charge is 2.27. The fraction of sp³-hybridized carbons (Fsp3) is 0.263. The van der Waals surface area contributed by atoms with Gasteiger partial charge < -0.3 is 14.6 Å². The van der Waals surface area contributed by atoms with E-state index >= 15 is 0 Å². The molecule has 0 aliphatic rings. The second-order valence-corrected chi connectivity index (χ2v) is 6.34. The summed E-state index contributed by atoms with van der Waals surface area (Å²) in [5, 5.41) is 9.05. The van der Waals surface area contributed by atoms with E-state index in [0.29, 0.717) is 17.1 Å². The number of carbonyl (C=O) groups excluding carboxylic acids is 1. The van der Waals surface area contributed by atoms with Crippen molar-refractivity contribution in [2.24, 2.45) is 0 Å². The Bertz CT molecular complexity index is 762. The molecule has 25 heavy (non-hydrogen) atoms. The molecule has 2 aromatic rings. The first-order chi connectivity index (χ1) is 11.7. The molecule has 0 fully saturated rings. The third kappa shape index (κ3) is 4.50. The first-order valence-corrected chi connectivity index (χ1v) is 7.72. The zero-order chi connectivity index (χ0) is 18.6. The second-order valence-electron chi connectivity index (χ2n) is 6.34. The van der Waals surface area contributed by atoms with E-state index in [-0.39, 0.29) is 5.56 Å². The SMILES string of the molecule is COc1ccccc1N(C(=O)OC(C)(C)C)c1ccc(C(=O)O)cc1. The number of amides is 1. The molecule has 0 spiro atoms. The average Bonchev–Trinajstić information content (AvgIpc) is 2.54. The number of benzene rings is 2. The smallest absolute Gasteiger partial charge is 0.419 e. The van der Waals surface area contributed by atoms with Gasteiger partial charge in [-0.25, -0.2) is 14.5 Å². The van der Waals surface area contributed by atoms with Crippen LogP contribution in [0.4, 0.5) is 16.2 Å². The number of rotatable bonds is 4. The number of para-hydroxylation sites is 2. The molecule has 0 saturated carbocycles. The van der Waals surface area contributed by atoms with Crippen molar-refractivity contribution in [2.75, 3.05) is 12.0 Å². The Kier molecular flexibility index (Phi) is 5.32. The van der Waals surface area contributed by atoms with Crippen molar-refractivity contribution in [3.8, 4) is 5.75 Å². The molecule has 6 nitrogen and oxygen atoms in total. The Morgan fingerprint density at radius 1 is 1.00 bits per heavy atom. The molecule has 0 heterocycles. The standard InChI is InChI=1S/C19H21NO5/c1-19(2,3)25-18(23)20(15-7-5-6-8-16(15)24-4)14-11-9-13(10-12-14)17(21)22/h5-12H,1-4H3,(H,21,22). The van der Waals surface area contributed by atoms with Crippen LogP contribution < -0.4 is 9.64 Å². The van der Waals surface area contributed by atoms with Gasteiger partial charge >= 0.3 is 12.1 Å². The molecular weight excluding hydrogens is 322 g/mol. The Morgan fingerprint density at radius 3 is 2.12 bits per heavy atom. The van der Waals surface area contributed by atoms with Crippen LogP contribution in [0.5, 0.6) is 5.75 Å². The molecule has 0 atom stereocenters. The molecule has 1 N–H and O–H groups in total. The average molecular weight is 343 g/mol. The minimum Gasteiger partial charge on any atom is -0.495 e. The Morgan fingerprint density at radius 2 is 1.60 bits per heavy atom.